The van der Waals surface area contributed by atoms with Crippen LogP contribution in [0.15, 0.2) is 121 Å². The first kappa shape index (κ1) is 30.6. The first-order valence-corrected chi connectivity index (χ1v) is 13.4. The summed E-state index contributed by atoms with van der Waals surface area (Å²) in [5, 5.41) is 40.2. The van der Waals surface area contributed by atoms with Crippen LogP contribution in [-0.2, 0) is 12.8 Å². The molecule has 0 aromatic heterocycles. The maximum absolute atomic E-state index is 9.38. The molecule has 0 radical (unpaired) electrons. The van der Waals surface area contributed by atoms with E-state index in [1.807, 2.05) is 12.1 Å². The van der Waals surface area contributed by atoms with Crippen LogP contribution < -0.4 is 0 Å². The van der Waals surface area contributed by atoms with Crippen molar-refractivity contribution in [1.29, 1.82) is 0 Å². The van der Waals surface area contributed by atoms with E-state index in [2.05, 4.69) is 62.4 Å². The molecule has 4 N–H and O–H groups in total. The summed E-state index contributed by atoms with van der Waals surface area (Å²) < 4.78 is 0. The van der Waals surface area contributed by atoms with E-state index in [0.29, 0.717) is 0 Å². The van der Waals surface area contributed by atoms with Gasteiger partial charge >= 0.3 is 0 Å². The van der Waals surface area contributed by atoms with E-state index in [-0.39, 0.29) is 30.4 Å². The van der Waals surface area contributed by atoms with E-state index < -0.39 is 0 Å². The van der Waals surface area contributed by atoms with Gasteiger partial charge in [0.15, 0.2) is 0 Å². The lowest BCUT2D eigenvalue weighted by molar-refractivity contribution is 0.474. The van der Waals surface area contributed by atoms with Crippen LogP contribution in [0.25, 0.3) is 32.7 Å². The van der Waals surface area contributed by atoms with Gasteiger partial charge in [0.2, 0.25) is 0 Å². The van der Waals surface area contributed by atoms with Gasteiger partial charge in [-0.05, 0) is 94.4 Å². The van der Waals surface area contributed by atoms with E-state index >= 15 is 0 Å². The molecule has 0 atom stereocenters. The molecule has 0 fully saturated rings. The Morgan fingerprint density at radius 1 is 0.439 bits per heavy atom. The SMILES string of the molecule is C.CCc1ccc(-c2ccc(CC)cc2)cc1.Oc1ccc2c(O)cccc2c1.Oc1ccc2c(O)cccc2c1. The maximum atomic E-state index is 9.38. The van der Waals surface area contributed by atoms with Gasteiger partial charge in [-0.2, -0.15) is 0 Å². The number of phenolic OH excluding ortho intramolecular Hbond substituents is 4. The fourth-order valence-electron chi connectivity index (χ4n) is 4.37. The summed E-state index contributed by atoms with van der Waals surface area (Å²) in [5.74, 6) is 0.918. The molecule has 0 amide bonds. The Hall–Kier alpha value is -4.96. The Morgan fingerprint density at radius 3 is 1.15 bits per heavy atom. The van der Waals surface area contributed by atoms with E-state index in [1.165, 1.54) is 22.3 Å². The molecular formula is C37H38O4. The fraction of sp³-hybridized carbons (Fsp3) is 0.135. The van der Waals surface area contributed by atoms with Crippen molar-refractivity contribution >= 4 is 21.5 Å². The van der Waals surface area contributed by atoms with Gasteiger partial charge in [0, 0.05) is 10.8 Å². The molecule has 4 heteroatoms. The Labute approximate surface area is 242 Å². The van der Waals surface area contributed by atoms with E-state index in [1.54, 1.807) is 60.7 Å². The standard InChI is InChI=1S/C16H18.2C10H8O2.CH4/c1-3-13-5-9-15(10-6-13)16-11-7-14(4-2)8-12-16;2*11-8-4-5-9-7(6-8)2-1-3-10(9)12;/h5-12H,3-4H2,1-2H3;2*1-6,11-12H;1H4. The van der Waals surface area contributed by atoms with Gasteiger partial charge in [-0.1, -0.05) is 94.1 Å². The molecule has 0 heterocycles. The average molecular weight is 547 g/mol. The summed E-state index contributed by atoms with van der Waals surface area (Å²) in [6, 6.07) is 37.8. The molecule has 6 aromatic carbocycles. The molecule has 41 heavy (non-hydrogen) atoms. The van der Waals surface area contributed by atoms with Crippen molar-refractivity contribution in [2.75, 3.05) is 0 Å². The lowest BCUT2D eigenvalue weighted by Gasteiger charge is -2.04. The van der Waals surface area contributed by atoms with Gasteiger partial charge in [0.05, 0.1) is 0 Å². The van der Waals surface area contributed by atoms with E-state index in [0.717, 1.165) is 34.4 Å². The van der Waals surface area contributed by atoms with Crippen LogP contribution in [0.1, 0.15) is 32.4 Å². The van der Waals surface area contributed by atoms with Crippen LogP contribution in [0.3, 0.4) is 0 Å². The van der Waals surface area contributed by atoms with Gasteiger partial charge < -0.3 is 20.4 Å². The van der Waals surface area contributed by atoms with Gasteiger partial charge in [-0.3, -0.25) is 0 Å². The number of rotatable bonds is 3. The molecule has 0 saturated heterocycles. The molecule has 0 spiro atoms. The Kier molecular flexibility index (Phi) is 10.8. The minimum atomic E-state index is 0. The second-order valence-electron chi connectivity index (χ2n) is 9.47. The van der Waals surface area contributed by atoms with Crippen molar-refractivity contribution in [3.63, 3.8) is 0 Å². The van der Waals surface area contributed by atoms with Gasteiger partial charge in [-0.25, -0.2) is 0 Å². The van der Waals surface area contributed by atoms with Crippen molar-refractivity contribution < 1.29 is 20.4 Å². The normalized spacial score (nSPS) is 10.1. The monoisotopic (exact) mass is 546 g/mol. The molecule has 210 valence electrons. The van der Waals surface area contributed by atoms with Crippen molar-refractivity contribution in [2.45, 2.75) is 34.1 Å². The van der Waals surface area contributed by atoms with Crippen LogP contribution in [0.5, 0.6) is 23.0 Å². The highest BCUT2D eigenvalue weighted by Crippen LogP contribution is 2.28. The third kappa shape index (κ3) is 8.02. The summed E-state index contributed by atoms with van der Waals surface area (Å²) in [6.07, 6.45) is 2.21. The van der Waals surface area contributed by atoms with Crippen LogP contribution in [0.2, 0.25) is 0 Å². The third-order valence-electron chi connectivity index (χ3n) is 6.74. The number of benzene rings is 6. The summed E-state index contributed by atoms with van der Waals surface area (Å²) in [4.78, 5) is 0. The third-order valence-corrected chi connectivity index (χ3v) is 6.74. The Morgan fingerprint density at radius 2 is 0.805 bits per heavy atom. The summed E-state index contributed by atoms with van der Waals surface area (Å²) >= 11 is 0. The predicted molar refractivity (Wildman–Crippen MR) is 172 cm³/mol. The van der Waals surface area contributed by atoms with E-state index in [4.69, 9.17) is 10.2 Å². The zero-order valence-electron chi connectivity index (χ0n) is 22.8. The molecule has 0 aliphatic heterocycles. The van der Waals surface area contributed by atoms with Crippen molar-refractivity contribution in [3.8, 4) is 34.1 Å². The molecule has 0 unspecified atom stereocenters. The molecule has 4 nitrogen and oxygen atoms in total. The van der Waals surface area contributed by atoms with Gasteiger partial charge in [0.25, 0.3) is 0 Å². The quantitative estimate of drug-likeness (QED) is 0.178. The molecule has 0 saturated carbocycles. The largest absolute Gasteiger partial charge is 0.508 e. The highest BCUT2D eigenvalue weighted by atomic mass is 16.3. The van der Waals surface area contributed by atoms with Crippen LogP contribution in [0, 0.1) is 0 Å². The maximum Gasteiger partial charge on any atom is 0.123 e. The van der Waals surface area contributed by atoms with Crippen molar-refractivity contribution in [3.05, 3.63) is 132 Å². The number of hydrogen-bond acceptors (Lipinski definition) is 4. The number of phenols is 4. The Balaban J connectivity index is 0.000000169. The molecular weight excluding hydrogens is 508 g/mol. The summed E-state index contributed by atoms with van der Waals surface area (Å²) in [6.45, 7) is 4.37. The highest BCUT2D eigenvalue weighted by molar-refractivity contribution is 5.89. The van der Waals surface area contributed by atoms with Crippen LogP contribution in [0.4, 0.5) is 0 Å². The second kappa shape index (κ2) is 14.4. The lowest BCUT2D eigenvalue weighted by Crippen LogP contribution is -1.83. The number of aromatic hydroxyl groups is 4. The summed E-state index contributed by atoms with van der Waals surface area (Å²) in [7, 11) is 0. The molecule has 0 aliphatic rings. The smallest absolute Gasteiger partial charge is 0.123 e. The number of fused-ring (bicyclic) bond motifs is 2. The average Bonchev–Trinajstić information content (AvgIpc) is 2.98. The first-order valence-electron chi connectivity index (χ1n) is 13.4. The van der Waals surface area contributed by atoms with Crippen LogP contribution >= 0.6 is 0 Å². The molecule has 0 aliphatic carbocycles. The number of aryl methyl sites for hydroxylation is 2. The summed E-state index contributed by atoms with van der Waals surface area (Å²) in [5.41, 5.74) is 5.41. The predicted octanol–water partition coefficient (Wildman–Crippen LogP) is 9.62. The minimum Gasteiger partial charge on any atom is -0.508 e. The first-order chi connectivity index (χ1) is 19.4. The number of hydrogen-bond donors (Lipinski definition) is 4. The van der Waals surface area contributed by atoms with Gasteiger partial charge in [-0.15, -0.1) is 0 Å². The van der Waals surface area contributed by atoms with Crippen LogP contribution in [-0.4, -0.2) is 20.4 Å². The van der Waals surface area contributed by atoms with Gasteiger partial charge in [0.1, 0.15) is 23.0 Å². The zero-order valence-corrected chi connectivity index (χ0v) is 22.8. The molecule has 6 rings (SSSR count). The van der Waals surface area contributed by atoms with Crippen molar-refractivity contribution in [1.82, 2.24) is 0 Å². The fourth-order valence-corrected chi connectivity index (χ4v) is 4.37. The highest BCUT2D eigenvalue weighted by Gasteiger charge is 2.00. The minimum absolute atomic E-state index is 0. The topological polar surface area (TPSA) is 80.9 Å². The van der Waals surface area contributed by atoms with Crippen molar-refractivity contribution in [2.24, 2.45) is 0 Å². The molecule has 0 bridgehead atoms. The lowest BCUT2D eigenvalue weighted by atomic mass is 10.0. The zero-order chi connectivity index (χ0) is 28.5. The second-order valence-corrected chi connectivity index (χ2v) is 9.47. The molecule has 6 aromatic rings. The van der Waals surface area contributed by atoms with E-state index in [9.17, 15) is 10.2 Å². The Bertz CT molecular complexity index is 1560.